The zero-order valence-corrected chi connectivity index (χ0v) is 18.6. The second-order valence-corrected chi connectivity index (χ2v) is 8.08. The number of hydroxylamine groups is 1. The number of carbonyl (C=O) groups is 2. The Morgan fingerprint density at radius 1 is 1.12 bits per heavy atom. The van der Waals surface area contributed by atoms with Crippen LogP contribution in [0.1, 0.15) is 43.4 Å². The predicted molar refractivity (Wildman–Crippen MR) is 124 cm³/mol. The maximum absolute atomic E-state index is 12.9. The lowest BCUT2D eigenvalue weighted by atomic mass is 9.89. The van der Waals surface area contributed by atoms with Gasteiger partial charge in [0, 0.05) is 12.6 Å². The van der Waals surface area contributed by atoms with Gasteiger partial charge in [-0.15, -0.1) is 0 Å². The summed E-state index contributed by atoms with van der Waals surface area (Å²) in [4.78, 5) is 32.5. The van der Waals surface area contributed by atoms with Gasteiger partial charge in [0.25, 0.3) is 5.91 Å². The van der Waals surface area contributed by atoms with Gasteiger partial charge in [0.15, 0.2) is 0 Å². The zero-order valence-electron chi connectivity index (χ0n) is 18.6. The molecule has 0 bridgehead atoms. The molecular formula is C24H31N5O4. The number of amides is 2. The van der Waals surface area contributed by atoms with Gasteiger partial charge in [-0.2, -0.15) is 0 Å². The second kappa shape index (κ2) is 13.3. The van der Waals surface area contributed by atoms with Crippen molar-refractivity contribution >= 4 is 23.7 Å². The summed E-state index contributed by atoms with van der Waals surface area (Å²) in [5.74, 6) is 0.138. The molecule has 9 heteroatoms. The summed E-state index contributed by atoms with van der Waals surface area (Å²) in [5, 5.41) is 14.7. The van der Waals surface area contributed by atoms with Gasteiger partial charge in [-0.1, -0.05) is 49.6 Å². The van der Waals surface area contributed by atoms with Gasteiger partial charge in [-0.25, -0.2) is 10.5 Å². The van der Waals surface area contributed by atoms with Crippen LogP contribution in [0.3, 0.4) is 0 Å². The molecule has 1 atom stereocenters. The molecule has 9 nitrogen and oxygen atoms in total. The average molecular weight is 454 g/mol. The third-order valence-corrected chi connectivity index (χ3v) is 5.51. The third kappa shape index (κ3) is 8.63. The van der Waals surface area contributed by atoms with Crippen molar-refractivity contribution in [2.45, 2.75) is 44.8 Å². The minimum atomic E-state index is -0.663. The highest BCUT2D eigenvalue weighted by Crippen LogP contribution is 2.22. The van der Waals surface area contributed by atoms with Crippen LogP contribution >= 0.6 is 0 Å². The van der Waals surface area contributed by atoms with Crippen molar-refractivity contribution in [1.82, 2.24) is 20.8 Å². The summed E-state index contributed by atoms with van der Waals surface area (Å²) < 4.78 is 5.82. The Hall–Kier alpha value is -3.30. The Balaban J connectivity index is 1.59. The molecule has 0 unspecified atom stereocenters. The lowest BCUT2D eigenvalue weighted by Crippen LogP contribution is -2.44. The van der Waals surface area contributed by atoms with Crippen molar-refractivity contribution in [3.05, 3.63) is 60.1 Å². The first-order valence-corrected chi connectivity index (χ1v) is 11.2. The Morgan fingerprint density at radius 3 is 2.61 bits per heavy atom. The molecule has 4 N–H and O–H groups in total. The SMILES string of the molecule is O=C(/C=C/c1cnc(N[C@H](COCc2ccccc2)C(=O)NCC2CCCCC2)cn1)NO. The highest BCUT2D eigenvalue weighted by atomic mass is 16.5. The molecule has 0 radical (unpaired) electrons. The molecule has 1 aromatic carbocycles. The number of hydrogen-bond donors (Lipinski definition) is 4. The molecule has 1 aliphatic rings. The van der Waals surface area contributed by atoms with Crippen LogP contribution in [0, 0.1) is 5.92 Å². The summed E-state index contributed by atoms with van der Waals surface area (Å²) >= 11 is 0. The first-order valence-electron chi connectivity index (χ1n) is 11.2. The fraction of sp³-hybridized carbons (Fsp3) is 0.417. The molecule has 176 valence electrons. The van der Waals surface area contributed by atoms with Crippen LogP contribution in [0.15, 0.2) is 48.8 Å². The Labute approximate surface area is 193 Å². The van der Waals surface area contributed by atoms with Gasteiger partial charge in [0.1, 0.15) is 11.9 Å². The molecule has 0 spiro atoms. The van der Waals surface area contributed by atoms with Gasteiger partial charge in [0.05, 0.1) is 31.3 Å². The lowest BCUT2D eigenvalue weighted by Gasteiger charge is -2.24. The number of carbonyl (C=O) groups excluding carboxylic acids is 2. The van der Waals surface area contributed by atoms with Crippen molar-refractivity contribution in [3.63, 3.8) is 0 Å². The van der Waals surface area contributed by atoms with Crippen molar-refractivity contribution < 1.29 is 19.5 Å². The predicted octanol–water partition coefficient (Wildman–Crippen LogP) is 2.69. The summed E-state index contributed by atoms with van der Waals surface area (Å²) in [5.41, 5.74) is 2.97. The van der Waals surface area contributed by atoms with E-state index in [1.165, 1.54) is 43.2 Å². The number of anilines is 1. The van der Waals surface area contributed by atoms with E-state index in [1.807, 2.05) is 30.3 Å². The largest absolute Gasteiger partial charge is 0.374 e. The number of nitrogens with one attached hydrogen (secondary N) is 3. The fourth-order valence-electron chi connectivity index (χ4n) is 3.69. The molecule has 1 saturated carbocycles. The molecule has 0 saturated heterocycles. The van der Waals surface area contributed by atoms with Crippen LogP contribution in [0.5, 0.6) is 0 Å². The van der Waals surface area contributed by atoms with Gasteiger partial charge >= 0.3 is 0 Å². The first-order chi connectivity index (χ1) is 16.1. The summed E-state index contributed by atoms with van der Waals surface area (Å²) in [7, 11) is 0. The monoisotopic (exact) mass is 453 g/mol. The van der Waals surface area contributed by atoms with Crippen LogP contribution in [-0.4, -0.2) is 46.2 Å². The molecular weight excluding hydrogens is 422 g/mol. The van der Waals surface area contributed by atoms with Gasteiger partial charge in [0.2, 0.25) is 5.91 Å². The Kier molecular flexibility index (Phi) is 9.81. The van der Waals surface area contributed by atoms with E-state index >= 15 is 0 Å². The molecule has 1 fully saturated rings. The molecule has 3 rings (SSSR count). The van der Waals surface area contributed by atoms with E-state index in [-0.39, 0.29) is 12.5 Å². The minimum Gasteiger partial charge on any atom is -0.374 e. The number of rotatable bonds is 11. The van der Waals surface area contributed by atoms with Crippen molar-refractivity contribution in [3.8, 4) is 0 Å². The van der Waals surface area contributed by atoms with E-state index in [1.54, 1.807) is 0 Å². The van der Waals surface area contributed by atoms with Crippen molar-refractivity contribution in [1.29, 1.82) is 0 Å². The van der Waals surface area contributed by atoms with Crippen LogP contribution in [-0.2, 0) is 20.9 Å². The zero-order chi connectivity index (χ0) is 23.3. The number of hydrogen-bond acceptors (Lipinski definition) is 7. The Morgan fingerprint density at radius 2 is 1.91 bits per heavy atom. The van der Waals surface area contributed by atoms with Gasteiger partial charge in [-0.3, -0.25) is 19.8 Å². The standard InChI is InChI=1S/C24H31N5O4/c30-23(29-32)12-11-20-14-26-22(15-25-20)28-21(17-33-16-19-9-5-2-6-10-19)24(31)27-13-18-7-3-1-4-8-18/h2,5-6,9-12,14-15,18,21,32H,1,3-4,7-8,13,16-17H2,(H,26,28)(H,27,31)(H,29,30)/b12-11+/t21-/m1/s1. The number of ether oxygens (including phenoxy) is 1. The maximum atomic E-state index is 12.9. The normalized spacial score (nSPS) is 15.2. The molecule has 2 aromatic rings. The molecule has 1 aliphatic carbocycles. The first kappa shape index (κ1) is 24.3. The van der Waals surface area contributed by atoms with E-state index in [9.17, 15) is 9.59 Å². The molecule has 0 aliphatic heterocycles. The summed E-state index contributed by atoms with van der Waals surface area (Å²) in [6.07, 6.45) is 11.5. The summed E-state index contributed by atoms with van der Waals surface area (Å²) in [6.45, 7) is 1.24. The van der Waals surface area contributed by atoms with Gasteiger partial charge < -0.3 is 15.4 Å². The van der Waals surface area contributed by atoms with Crippen molar-refractivity contribution in [2.75, 3.05) is 18.5 Å². The van der Waals surface area contributed by atoms with E-state index in [4.69, 9.17) is 9.94 Å². The third-order valence-electron chi connectivity index (χ3n) is 5.51. The smallest absolute Gasteiger partial charge is 0.267 e. The fourth-order valence-corrected chi connectivity index (χ4v) is 3.69. The number of aromatic nitrogens is 2. The van der Waals surface area contributed by atoms with Crippen LogP contribution < -0.4 is 16.1 Å². The van der Waals surface area contributed by atoms with E-state index in [0.29, 0.717) is 30.6 Å². The van der Waals surface area contributed by atoms with Crippen LogP contribution in [0.2, 0.25) is 0 Å². The minimum absolute atomic E-state index is 0.140. The number of benzene rings is 1. The maximum Gasteiger partial charge on any atom is 0.267 e. The second-order valence-electron chi connectivity index (χ2n) is 8.08. The van der Waals surface area contributed by atoms with E-state index in [0.717, 1.165) is 24.5 Å². The van der Waals surface area contributed by atoms with Crippen molar-refractivity contribution in [2.24, 2.45) is 5.92 Å². The van der Waals surface area contributed by atoms with Crippen LogP contribution in [0.25, 0.3) is 6.08 Å². The molecule has 1 heterocycles. The lowest BCUT2D eigenvalue weighted by molar-refractivity contribution is -0.124. The topological polar surface area (TPSA) is 125 Å². The highest BCUT2D eigenvalue weighted by Gasteiger charge is 2.21. The van der Waals surface area contributed by atoms with Gasteiger partial charge in [-0.05, 0) is 30.4 Å². The molecule has 1 aromatic heterocycles. The highest BCUT2D eigenvalue weighted by molar-refractivity contribution is 5.90. The Bertz CT molecular complexity index is 899. The van der Waals surface area contributed by atoms with E-state index < -0.39 is 11.9 Å². The van der Waals surface area contributed by atoms with Crippen LogP contribution in [0.4, 0.5) is 5.82 Å². The average Bonchev–Trinajstić information content (AvgIpc) is 2.87. The molecule has 2 amide bonds. The van der Waals surface area contributed by atoms with E-state index in [2.05, 4.69) is 20.6 Å². The quantitative estimate of drug-likeness (QED) is 0.234. The molecule has 33 heavy (non-hydrogen) atoms. The number of nitrogens with zero attached hydrogens (tertiary/aromatic N) is 2. The summed E-state index contributed by atoms with van der Waals surface area (Å²) in [6, 6.07) is 9.15.